The lowest BCUT2D eigenvalue weighted by Gasteiger charge is -2.12. The minimum absolute atomic E-state index is 0.299. The van der Waals surface area contributed by atoms with Gasteiger partial charge in [0, 0.05) is 6.04 Å². The molecule has 0 saturated carbocycles. The van der Waals surface area contributed by atoms with Gasteiger partial charge in [-0.05, 0) is 19.4 Å². The second-order valence-corrected chi connectivity index (χ2v) is 3.88. The fraction of sp³-hybridized carbons (Fsp3) is 0.308. The molecule has 1 atom stereocenters. The Balaban J connectivity index is 1.91. The number of benzene rings is 1. The number of hydrogen-bond donors (Lipinski definition) is 1. The summed E-state index contributed by atoms with van der Waals surface area (Å²) in [5.41, 5.74) is 1.27. The summed E-state index contributed by atoms with van der Waals surface area (Å²) in [4.78, 5) is 4.15. The Morgan fingerprint density at radius 3 is 2.69 bits per heavy atom. The largest absolute Gasteiger partial charge is 0.445 e. The van der Waals surface area contributed by atoms with Crippen LogP contribution in [0.15, 0.2) is 40.9 Å². The number of nitrogens with zero attached hydrogens (tertiary/aromatic N) is 1. The first-order chi connectivity index (χ1) is 7.75. The van der Waals surface area contributed by atoms with Gasteiger partial charge in [0.15, 0.2) is 0 Å². The molecule has 1 heterocycles. The van der Waals surface area contributed by atoms with E-state index in [-0.39, 0.29) is 0 Å². The Morgan fingerprint density at radius 2 is 2.06 bits per heavy atom. The highest BCUT2D eigenvalue weighted by Crippen LogP contribution is 2.12. The molecule has 1 unspecified atom stereocenters. The molecule has 0 amide bonds. The first kappa shape index (κ1) is 10.9. The summed E-state index contributed by atoms with van der Waals surface area (Å²) >= 11 is 0. The van der Waals surface area contributed by atoms with Crippen LogP contribution in [0.3, 0.4) is 0 Å². The van der Waals surface area contributed by atoms with E-state index in [0.29, 0.717) is 12.6 Å². The molecule has 0 saturated heterocycles. The zero-order chi connectivity index (χ0) is 11.4. The van der Waals surface area contributed by atoms with Crippen molar-refractivity contribution in [2.24, 2.45) is 0 Å². The third kappa shape index (κ3) is 2.70. The molecule has 0 aliphatic rings. The third-order valence-electron chi connectivity index (χ3n) is 2.53. The van der Waals surface area contributed by atoms with E-state index in [4.69, 9.17) is 4.42 Å². The first-order valence-electron chi connectivity index (χ1n) is 5.45. The highest BCUT2D eigenvalue weighted by Gasteiger charge is 2.06. The maximum Gasteiger partial charge on any atom is 0.208 e. The van der Waals surface area contributed by atoms with Gasteiger partial charge in [0.1, 0.15) is 5.76 Å². The van der Waals surface area contributed by atoms with Crippen molar-refractivity contribution >= 4 is 0 Å². The number of hydrogen-bond acceptors (Lipinski definition) is 3. The number of aromatic nitrogens is 1. The molecule has 84 valence electrons. The Kier molecular flexibility index (Phi) is 3.37. The van der Waals surface area contributed by atoms with Crippen molar-refractivity contribution in [1.82, 2.24) is 10.3 Å². The highest BCUT2D eigenvalue weighted by atomic mass is 16.4. The summed E-state index contributed by atoms with van der Waals surface area (Å²) in [6.07, 6.45) is 1.74. The molecule has 0 fully saturated rings. The molecule has 0 aliphatic carbocycles. The fourth-order valence-corrected chi connectivity index (χ4v) is 1.58. The van der Waals surface area contributed by atoms with Crippen LogP contribution in [0.5, 0.6) is 0 Å². The molecule has 2 aromatic rings. The topological polar surface area (TPSA) is 38.1 Å². The molecule has 1 aromatic heterocycles. The molecule has 2 rings (SSSR count). The molecular weight excluding hydrogens is 200 g/mol. The SMILES string of the molecule is Cc1cnc(CNC(C)c2ccccc2)o1. The Bertz CT molecular complexity index is 436. The van der Waals surface area contributed by atoms with Crippen LogP contribution in [0.1, 0.15) is 30.2 Å². The fourth-order valence-electron chi connectivity index (χ4n) is 1.58. The predicted molar refractivity (Wildman–Crippen MR) is 62.9 cm³/mol. The quantitative estimate of drug-likeness (QED) is 0.854. The van der Waals surface area contributed by atoms with Crippen molar-refractivity contribution < 1.29 is 4.42 Å². The minimum Gasteiger partial charge on any atom is -0.445 e. The van der Waals surface area contributed by atoms with E-state index in [9.17, 15) is 0 Å². The normalized spacial score (nSPS) is 12.6. The van der Waals surface area contributed by atoms with Crippen LogP contribution in [-0.4, -0.2) is 4.98 Å². The van der Waals surface area contributed by atoms with Crippen LogP contribution >= 0.6 is 0 Å². The van der Waals surface area contributed by atoms with Gasteiger partial charge in [-0.15, -0.1) is 0 Å². The standard InChI is InChI=1S/C13H16N2O/c1-10-8-15-13(16-10)9-14-11(2)12-6-4-3-5-7-12/h3-8,11,14H,9H2,1-2H3. The summed E-state index contributed by atoms with van der Waals surface area (Å²) in [5.74, 6) is 1.59. The van der Waals surface area contributed by atoms with Crippen molar-refractivity contribution in [3.05, 3.63) is 53.7 Å². The second kappa shape index (κ2) is 4.94. The predicted octanol–water partition coefficient (Wildman–Crippen LogP) is 2.83. The summed E-state index contributed by atoms with van der Waals surface area (Å²) in [6.45, 7) is 4.69. The molecule has 1 N–H and O–H groups in total. The van der Waals surface area contributed by atoms with Crippen LogP contribution in [-0.2, 0) is 6.54 Å². The highest BCUT2D eigenvalue weighted by molar-refractivity contribution is 5.18. The number of nitrogens with one attached hydrogen (secondary N) is 1. The van der Waals surface area contributed by atoms with Gasteiger partial charge < -0.3 is 9.73 Å². The van der Waals surface area contributed by atoms with Crippen LogP contribution in [0, 0.1) is 6.92 Å². The average molecular weight is 216 g/mol. The van der Waals surface area contributed by atoms with Gasteiger partial charge >= 0.3 is 0 Å². The number of aryl methyl sites for hydroxylation is 1. The van der Waals surface area contributed by atoms with E-state index < -0.39 is 0 Å². The van der Waals surface area contributed by atoms with Crippen molar-refractivity contribution in [2.75, 3.05) is 0 Å². The van der Waals surface area contributed by atoms with Crippen molar-refractivity contribution in [3.8, 4) is 0 Å². The summed E-state index contributed by atoms with van der Waals surface area (Å²) in [5, 5.41) is 3.37. The van der Waals surface area contributed by atoms with Gasteiger partial charge in [0.05, 0.1) is 12.7 Å². The summed E-state index contributed by atoms with van der Waals surface area (Å²) < 4.78 is 5.40. The van der Waals surface area contributed by atoms with Crippen LogP contribution in [0.2, 0.25) is 0 Å². The Labute approximate surface area is 95.5 Å². The van der Waals surface area contributed by atoms with Gasteiger partial charge in [-0.2, -0.15) is 0 Å². The van der Waals surface area contributed by atoms with Crippen LogP contribution < -0.4 is 5.32 Å². The molecule has 3 nitrogen and oxygen atoms in total. The van der Waals surface area contributed by atoms with E-state index >= 15 is 0 Å². The summed E-state index contributed by atoms with van der Waals surface area (Å²) in [7, 11) is 0. The molecular formula is C13H16N2O. The van der Waals surface area contributed by atoms with E-state index in [2.05, 4.69) is 29.4 Å². The maximum atomic E-state index is 5.40. The van der Waals surface area contributed by atoms with Gasteiger partial charge in [0.25, 0.3) is 0 Å². The van der Waals surface area contributed by atoms with Gasteiger partial charge in [-0.25, -0.2) is 4.98 Å². The Morgan fingerprint density at radius 1 is 1.31 bits per heavy atom. The average Bonchev–Trinajstić information content (AvgIpc) is 2.73. The van der Waals surface area contributed by atoms with Gasteiger partial charge in [0.2, 0.25) is 5.89 Å². The zero-order valence-electron chi connectivity index (χ0n) is 9.60. The van der Waals surface area contributed by atoms with Crippen molar-refractivity contribution in [2.45, 2.75) is 26.4 Å². The smallest absolute Gasteiger partial charge is 0.208 e. The lowest BCUT2D eigenvalue weighted by molar-refractivity contribution is 0.432. The molecule has 3 heteroatoms. The molecule has 0 spiro atoms. The van der Waals surface area contributed by atoms with Crippen molar-refractivity contribution in [1.29, 1.82) is 0 Å². The molecule has 1 aromatic carbocycles. The Hall–Kier alpha value is -1.61. The van der Waals surface area contributed by atoms with E-state index in [1.165, 1.54) is 5.56 Å². The monoisotopic (exact) mass is 216 g/mol. The maximum absolute atomic E-state index is 5.40. The molecule has 16 heavy (non-hydrogen) atoms. The minimum atomic E-state index is 0.299. The lowest BCUT2D eigenvalue weighted by Crippen LogP contribution is -2.18. The zero-order valence-corrected chi connectivity index (χ0v) is 9.60. The molecule has 0 bridgehead atoms. The van der Waals surface area contributed by atoms with Crippen LogP contribution in [0.25, 0.3) is 0 Å². The van der Waals surface area contributed by atoms with E-state index in [1.807, 2.05) is 25.1 Å². The van der Waals surface area contributed by atoms with Crippen molar-refractivity contribution in [3.63, 3.8) is 0 Å². The van der Waals surface area contributed by atoms with Gasteiger partial charge in [-0.3, -0.25) is 0 Å². The van der Waals surface area contributed by atoms with Gasteiger partial charge in [-0.1, -0.05) is 30.3 Å². The lowest BCUT2D eigenvalue weighted by atomic mass is 10.1. The molecule has 0 radical (unpaired) electrons. The van der Waals surface area contributed by atoms with Crippen LogP contribution in [0.4, 0.5) is 0 Å². The van der Waals surface area contributed by atoms with E-state index in [0.717, 1.165) is 11.7 Å². The number of rotatable bonds is 4. The second-order valence-electron chi connectivity index (χ2n) is 3.88. The first-order valence-corrected chi connectivity index (χ1v) is 5.45. The van der Waals surface area contributed by atoms with E-state index in [1.54, 1.807) is 6.20 Å². The third-order valence-corrected chi connectivity index (χ3v) is 2.53. The summed E-state index contributed by atoms with van der Waals surface area (Å²) in [6, 6.07) is 10.6. The molecule has 0 aliphatic heterocycles. The number of oxazole rings is 1.